The van der Waals surface area contributed by atoms with Crippen LogP contribution in [0.2, 0.25) is 0 Å². The second-order valence-electron chi connectivity index (χ2n) is 5.93. The van der Waals surface area contributed by atoms with E-state index in [1.807, 2.05) is 6.92 Å². The van der Waals surface area contributed by atoms with Gasteiger partial charge in [0, 0.05) is 42.6 Å². The number of benzene rings is 1. The van der Waals surface area contributed by atoms with Gasteiger partial charge in [0.1, 0.15) is 0 Å². The molecule has 4 nitrogen and oxygen atoms in total. The molecule has 0 saturated carbocycles. The summed E-state index contributed by atoms with van der Waals surface area (Å²) in [5.41, 5.74) is 6.98. The van der Waals surface area contributed by atoms with Crippen molar-refractivity contribution < 1.29 is 4.79 Å². The molecule has 0 radical (unpaired) electrons. The Kier molecular flexibility index (Phi) is 6.21. The van der Waals surface area contributed by atoms with Crippen molar-refractivity contribution in [3.05, 3.63) is 34.3 Å². The molecule has 0 spiro atoms. The Bertz CT molecular complexity index is 453. The van der Waals surface area contributed by atoms with Crippen LogP contribution in [-0.4, -0.2) is 36.0 Å². The molecule has 2 rings (SSSR count). The van der Waals surface area contributed by atoms with Crippen LogP contribution >= 0.6 is 15.9 Å². The van der Waals surface area contributed by atoms with Gasteiger partial charge < -0.3 is 11.1 Å². The highest BCUT2D eigenvalue weighted by atomic mass is 79.9. The monoisotopic (exact) mass is 353 g/mol. The summed E-state index contributed by atoms with van der Waals surface area (Å²) in [5, 5.41) is 3.09. The van der Waals surface area contributed by atoms with Gasteiger partial charge >= 0.3 is 0 Å². The van der Waals surface area contributed by atoms with Gasteiger partial charge in [-0.25, -0.2) is 0 Å². The van der Waals surface area contributed by atoms with E-state index in [4.69, 9.17) is 5.73 Å². The molecule has 0 bridgehead atoms. The predicted molar refractivity (Wildman–Crippen MR) is 88.9 cm³/mol. The Morgan fingerprint density at radius 3 is 2.57 bits per heavy atom. The maximum atomic E-state index is 11.7. The first-order chi connectivity index (χ1) is 10.0. The molecule has 116 valence electrons. The van der Waals surface area contributed by atoms with Crippen LogP contribution in [0.25, 0.3) is 0 Å². The minimum absolute atomic E-state index is 0.0671. The van der Waals surface area contributed by atoms with E-state index < -0.39 is 0 Å². The standard InChI is InChI=1S/C16H24BrN3O/c1-12(18)10-16(21)19-15-6-8-20(9-7-15)11-13-2-4-14(17)5-3-13/h2-5,12,15H,6-11,18H2,1H3,(H,19,21). The van der Waals surface area contributed by atoms with Gasteiger partial charge in [0.25, 0.3) is 0 Å². The van der Waals surface area contributed by atoms with Crippen molar-refractivity contribution in [1.82, 2.24) is 10.2 Å². The highest BCUT2D eigenvalue weighted by Gasteiger charge is 2.20. The van der Waals surface area contributed by atoms with E-state index >= 15 is 0 Å². The molecule has 0 aliphatic carbocycles. The quantitative estimate of drug-likeness (QED) is 0.853. The normalized spacial score (nSPS) is 18.4. The fourth-order valence-electron chi connectivity index (χ4n) is 2.66. The molecule has 1 aromatic rings. The molecule has 1 aromatic carbocycles. The fourth-order valence-corrected chi connectivity index (χ4v) is 2.93. The van der Waals surface area contributed by atoms with E-state index in [-0.39, 0.29) is 11.9 Å². The molecule has 21 heavy (non-hydrogen) atoms. The number of likely N-dealkylation sites (tertiary alicyclic amines) is 1. The summed E-state index contributed by atoms with van der Waals surface area (Å²) < 4.78 is 1.11. The smallest absolute Gasteiger partial charge is 0.221 e. The average Bonchev–Trinajstić information content (AvgIpc) is 2.42. The van der Waals surface area contributed by atoms with Crippen molar-refractivity contribution in [2.24, 2.45) is 5.73 Å². The number of nitrogens with zero attached hydrogens (tertiary/aromatic N) is 1. The third-order valence-electron chi connectivity index (χ3n) is 3.78. The van der Waals surface area contributed by atoms with E-state index in [9.17, 15) is 4.79 Å². The number of carbonyl (C=O) groups excluding carboxylic acids is 1. The summed E-state index contributed by atoms with van der Waals surface area (Å²) in [6, 6.07) is 8.70. The number of rotatable bonds is 5. The van der Waals surface area contributed by atoms with Gasteiger partial charge in [0.15, 0.2) is 0 Å². The molecule has 1 saturated heterocycles. The van der Waals surface area contributed by atoms with Crippen molar-refractivity contribution in [3.8, 4) is 0 Å². The van der Waals surface area contributed by atoms with Crippen LogP contribution in [0.3, 0.4) is 0 Å². The lowest BCUT2D eigenvalue weighted by Gasteiger charge is -2.32. The number of piperidine rings is 1. The third kappa shape index (κ3) is 5.77. The Morgan fingerprint density at radius 1 is 1.38 bits per heavy atom. The summed E-state index contributed by atoms with van der Waals surface area (Å²) in [4.78, 5) is 14.2. The minimum Gasteiger partial charge on any atom is -0.353 e. The molecule has 1 unspecified atom stereocenters. The van der Waals surface area contributed by atoms with Gasteiger partial charge in [0.2, 0.25) is 5.91 Å². The first-order valence-corrected chi connectivity index (χ1v) is 8.34. The topological polar surface area (TPSA) is 58.4 Å². The lowest BCUT2D eigenvalue weighted by molar-refractivity contribution is -0.122. The molecule has 1 heterocycles. The van der Waals surface area contributed by atoms with Crippen LogP contribution in [0.15, 0.2) is 28.7 Å². The van der Waals surface area contributed by atoms with Crippen molar-refractivity contribution in [2.75, 3.05) is 13.1 Å². The second kappa shape index (κ2) is 7.92. The lowest BCUT2D eigenvalue weighted by Crippen LogP contribution is -2.45. The molecule has 1 amide bonds. The third-order valence-corrected chi connectivity index (χ3v) is 4.31. The number of nitrogens with two attached hydrogens (primary N) is 1. The Morgan fingerprint density at radius 2 is 2.00 bits per heavy atom. The summed E-state index contributed by atoms with van der Waals surface area (Å²) in [5.74, 6) is 0.0800. The Hall–Kier alpha value is -0.910. The predicted octanol–water partition coefficient (Wildman–Crippen LogP) is 2.27. The molecule has 3 N–H and O–H groups in total. The highest BCUT2D eigenvalue weighted by molar-refractivity contribution is 9.10. The van der Waals surface area contributed by atoms with E-state index in [2.05, 4.69) is 50.4 Å². The molecule has 1 aliphatic heterocycles. The molecule has 1 fully saturated rings. The van der Waals surface area contributed by atoms with Crippen LogP contribution in [0.1, 0.15) is 31.7 Å². The zero-order valence-corrected chi connectivity index (χ0v) is 14.1. The fraction of sp³-hybridized carbons (Fsp3) is 0.562. The molecule has 1 aliphatic rings. The van der Waals surface area contributed by atoms with Crippen LogP contribution < -0.4 is 11.1 Å². The SMILES string of the molecule is CC(N)CC(=O)NC1CCN(Cc2ccc(Br)cc2)CC1. The number of hydrogen-bond donors (Lipinski definition) is 2. The van der Waals surface area contributed by atoms with Gasteiger partial charge in [-0.15, -0.1) is 0 Å². The number of carbonyl (C=O) groups is 1. The first kappa shape index (κ1) is 16.5. The number of amides is 1. The Labute approximate surface area is 135 Å². The summed E-state index contributed by atoms with van der Waals surface area (Å²) in [7, 11) is 0. The van der Waals surface area contributed by atoms with E-state index in [1.165, 1.54) is 5.56 Å². The molecular formula is C16H24BrN3O. The molecular weight excluding hydrogens is 330 g/mol. The maximum absolute atomic E-state index is 11.7. The van der Waals surface area contributed by atoms with E-state index in [0.29, 0.717) is 12.5 Å². The second-order valence-corrected chi connectivity index (χ2v) is 6.84. The number of nitrogens with one attached hydrogen (secondary N) is 1. The molecule has 5 heteroatoms. The van der Waals surface area contributed by atoms with Gasteiger partial charge in [-0.3, -0.25) is 9.69 Å². The largest absolute Gasteiger partial charge is 0.353 e. The zero-order valence-electron chi connectivity index (χ0n) is 12.5. The Balaban J connectivity index is 1.73. The molecule has 1 atom stereocenters. The summed E-state index contributed by atoms with van der Waals surface area (Å²) in [6.45, 7) is 4.90. The minimum atomic E-state index is -0.0671. The van der Waals surface area contributed by atoms with E-state index in [1.54, 1.807) is 0 Å². The van der Waals surface area contributed by atoms with Crippen LogP contribution in [0.5, 0.6) is 0 Å². The first-order valence-electron chi connectivity index (χ1n) is 7.54. The van der Waals surface area contributed by atoms with Crippen molar-refractivity contribution >= 4 is 21.8 Å². The number of hydrogen-bond acceptors (Lipinski definition) is 3. The van der Waals surface area contributed by atoms with Gasteiger partial charge in [0.05, 0.1) is 0 Å². The summed E-state index contributed by atoms with van der Waals surface area (Å²) >= 11 is 3.46. The van der Waals surface area contributed by atoms with Crippen molar-refractivity contribution in [2.45, 2.75) is 44.8 Å². The van der Waals surface area contributed by atoms with Crippen molar-refractivity contribution in [3.63, 3.8) is 0 Å². The van der Waals surface area contributed by atoms with E-state index in [0.717, 1.165) is 36.9 Å². The van der Waals surface area contributed by atoms with Crippen LogP contribution in [-0.2, 0) is 11.3 Å². The molecule has 0 aromatic heterocycles. The van der Waals surface area contributed by atoms with Gasteiger partial charge in [-0.05, 0) is 37.5 Å². The average molecular weight is 354 g/mol. The van der Waals surface area contributed by atoms with Crippen molar-refractivity contribution in [1.29, 1.82) is 0 Å². The summed E-state index contributed by atoms with van der Waals surface area (Å²) in [6.07, 6.45) is 2.45. The van der Waals surface area contributed by atoms with Crippen LogP contribution in [0, 0.1) is 0 Å². The number of halogens is 1. The zero-order chi connectivity index (χ0) is 15.2. The van der Waals surface area contributed by atoms with Gasteiger partial charge in [-0.1, -0.05) is 28.1 Å². The maximum Gasteiger partial charge on any atom is 0.221 e. The highest BCUT2D eigenvalue weighted by Crippen LogP contribution is 2.16. The lowest BCUT2D eigenvalue weighted by atomic mass is 10.0. The van der Waals surface area contributed by atoms with Gasteiger partial charge in [-0.2, -0.15) is 0 Å². The van der Waals surface area contributed by atoms with Crippen LogP contribution in [0.4, 0.5) is 0 Å².